The Kier molecular flexibility index (Phi) is 12.8. The van der Waals surface area contributed by atoms with E-state index in [4.69, 9.17) is 19.3 Å². The number of rotatable bonds is 14. The summed E-state index contributed by atoms with van der Waals surface area (Å²) in [5.74, 6) is 0. The Balaban J connectivity index is 1.46. The summed E-state index contributed by atoms with van der Waals surface area (Å²) in [6, 6.07) is -0.376. The highest BCUT2D eigenvalue weighted by Gasteiger charge is 2.44. The fraction of sp³-hybridized carbons (Fsp3) is 1.00. The van der Waals surface area contributed by atoms with Crippen LogP contribution in [0.3, 0.4) is 0 Å². The molecule has 9 atom stereocenters. The van der Waals surface area contributed by atoms with Gasteiger partial charge in [-0.15, -0.1) is 0 Å². The van der Waals surface area contributed by atoms with Crippen LogP contribution < -0.4 is 5.32 Å². The minimum Gasteiger partial charge on any atom is -0.395 e. The highest BCUT2D eigenvalue weighted by atomic mass is 16.7. The van der Waals surface area contributed by atoms with Gasteiger partial charge >= 0.3 is 0 Å². The number of hydrogen-bond donors (Lipinski definition) is 8. The van der Waals surface area contributed by atoms with Gasteiger partial charge in [-0.05, 0) is 12.8 Å². The second-order valence-electron chi connectivity index (χ2n) is 8.63. The topological polar surface area (TPSA) is 181 Å². The second kappa shape index (κ2) is 14.7. The minimum atomic E-state index is -1.42. The summed E-state index contributed by atoms with van der Waals surface area (Å²) in [5.41, 5.74) is 0. The highest BCUT2D eigenvalue weighted by Crippen LogP contribution is 2.22. The molecule has 11 nitrogen and oxygen atoms in total. The van der Waals surface area contributed by atoms with Gasteiger partial charge in [0.1, 0.15) is 36.6 Å². The Hall–Kier alpha value is -0.440. The Morgan fingerprint density at radius 3 is 1.88 bits per heavy atom. The van der Waals surface area contributed by atoms with E-state index >= 15 is 0 Å². The van der Waals surface area contributed by atoms with Crippen LogP contribution in [-0.2, 0) is 14.2 Å². The van der Waals surface area contributed by atoms with Gasteiger partial charge < -0.3 is 55.3 Å². The van der Waals surface area contributed by atoms with E-state index in [-0.39, 0.29) is 19.2 Å². The van der Waals surface area contributed by atoms with E-state index in [2.05, 4.69) is 5.32 Å². The average Bonchev–Trinajstić information content (AvgIpc) is 2.79. The predicted octanol–water partition coefficient (Wildman–Crippen LogP) is -2.40. The molecule has 2 saturated heterocycles. The fourth-order valence-electron chi connectivity index (χ4n) is 4.06. The van der Waals surface area contributed by atoms with Gasteiger partial charge in [0.25, 0.3) is 0 Å². The molecule has 11 heteroatoms. The maximum absolute atomic E-state index is 10.0. The third-order valence-corrected chi connectivity index (χ3v) is 6.14. The van der Waals surface area contributed by atoms with Crippen molar-refractivity contribution in [1.29, 1.82) is 0 Å². The maximum atomic E-state index is 10.0. The largest absolute Gasteiger partial charge is 0.395 e. The molecule has 190 valence electrons. The quantitative estimate of drug-likeness (QED) is 0.128. The van der Waals surface area contributed by atoms with Crippen molar-refractivity contribution in [2.24, 2.45) is 0 Å². The fourth-order valence-corrected chi connectivity index (χ4v) is 4.06. The van der Waals surface area contributed by atoms with Gasteiger partial charge in [0.2, 0.25) is 0 Å². The molecule has 0 aromatic rings. The van der Waals surface area contributed by atoms with Crippen LogP contribution in [0.5, 0.6) is 0 Å². The molecule has 2 aliphatic rings. The molecule has 2 aliphatic heterocycles. The Bertz CT molecular complexity index is 497. The van der Waals surface area contributed by atoms with Gasteiger partial charge in [-0.1, -0.05) is 32.1 Å². The van der Waals surface area contributed by atoms with Crippen molar-refractivity contribution >= 4 is 0 Å². The number of unbranched alkanes of at least 4 members (excludes halogenated alkanes) is 6. The van der Waals surface area contributed by atoms with E-state index in [0.29, 0.717) is 13.2 Å². The number of aliphatic hydroxyl groups excluding tert-OH is 7. The van der Waals surface area contributed by atoms with E-state index in [9.17, 15) is 30.6 Å². The lowest BCUT2D eigenvalue weighted by atomic mass is 9.96. The maximum Gasteiger partial charge on any atom is 0.186 e. The number of ether oxygens (including phenoxy) is 3. The van der Waals surface area contributed by atoms with Crippen LogP contribution in [0.25, 0.3) is 0 Å². The van der Waals surface area contributed by atoms with Gasteiger partial charge in [-0.2, -0.15) is 0 Å². The van der Waals surface area contributed by atoms with Crippen molar-refractivity contribution in [3.05, 3.63) is 0 Å². The SMILES string of the molecule is OC[C@H]1NC[C@H](O)[C@@H](O)[C@@H]1OCCCCCCCCCO[C@H]1O[C@H](CO)[C@@H](O)[C@H](O)[C@H]1O. The lowest BCUT2D eigenvalue weighted by Gasteiger charge is -2.39. The van der Waals surface area contributed by atoms with Gasteiger partial charge in [-0.25, -0.2) is 0 Å². The molecular weight excluding hydrogens is 426 g/mol. The van der Waals surface area contributed by atoms with Gasteiger partial charge in [0, 0.05) is 19.8 Å². The summed E-state index contributed by atoms with van der Waals surface area (Å²) >= 11 is 0. The first-order valence-electron chi connectivity index (χ1n) is 11.6. The molecule has 2 fully saturated rings. The van der Waals surface area contributed by atoms with E-state index < -0.39 is 55.6 Å². The van der Waals surface area contributed by atoms with Crippen molar-refractivity contribution < 1.29 is 50.0 Å². The molecule has 0 bridgehead atoms. The summed E-state index contributed by atoms with van der Waals surface area (Å²) in [4.78, 5) is 0. The van der Waals surface area contributed by atoms with Crippen LogP contribution in [-0.4, -0.2) is 124 Å². The zero-order valence-electron chi connectivity index (χ0n) is 18.5. The first-order valence-corrected chi connectivity index (χ1v) is 11.6. The molecule has 0 amide bonds. The predicted molar refractivity (Wildman–Crippen MR) is 113 cm³/mol. The Labute approximate surface area is 188 Å². The number of β-amino-alcohol motifs (C(OH)–C–C–N with tert-alkyl or cyclic N) is 1. The van der Waals surface area contributed by atoms with Crippen LogP contribution in [0.15, 0.2) is 0 Å². The zero-order valence-corrected chi connectivity index (χ0v) is 18.5. The number of aliphatic hydroxyl groups is 7. The molecule has 0 radical (unpaired) electrons. The van der Waals surface area contributed by atoms with Gasteiger partial charge in [0.15, 0.2) is 6.29 Å². The summed E-state index contributed by atoms with van der Waals surface area (Å²) in [5, 5.41) is 70.6. The molecular formula is C21H41NO10. The van der Waals surface area contributed by atoms with E-state index in [1.54, 1.807) is 0 Å². The molecule has 32 heavy (non-hydrogen) atoms. The van der Waals surface area contributed by atoms with Crippen molar-refractivity contribution in [2.45, 2.75) is 100 Å². The molecule has 2 heterocycles. The van der Waals surface area contributed by atoms with E-state index in [1.807, 2.05) is 0 Å². The molecule has 0 aliphatic carbocycles. The molecule has 0 aromatic heterocycles. The smallest absolute Gasteiger partial charge is 0.186 e. The first kappa shape index (κ1) is 27.8. The van der Waals surface area contributed by atoms with E-state index in [1.165, 1.54) is 0 Å². The summed E-state index contributed by atoms with van der Waals surface area (Å²) < 4.78 is 16.5. The Morgan fingerprint density at radius 2 is 1.28 bits per heavy atom. The lowest BCUT2D eigenvalue weighted by molar-refractivity contribution is -0.301. The van der Waals surface area contributed by atoms with Crippen molar-refractivity contribution in [2.75, 3.05) is 33.0 Å². The van der Waals surface area contributed by atoms with Crippen molar-refractivity contribution in [3.63, 3.8) is 0 Å². The zero-order chi connectivity index (χ0) is 23.5. The van der Waals surface area contributed by atoms with Gasteiger partial charge in [0.05, 0.1) is 25.4 Å². The monoisotopic (exact) mass is 467 g/mol. The van der Waals surface area contributed by atoms with Crippen molar-refractivity contribution in [3.8, 4) is 0 Å². The van der Waals surface area contributed by atoms with E-state index in [0.717, 1.165) is 44.9 Å². The van der Waals surface area contributed by atoms with Gasteiger partial charge in [-0.3, -0.25) is 0 Å². The van der Waals surface area contributed by atoms with Crippen molar-refractivity contribution in [1.82, 2.24) is 5.32 Å². The Morgan fingerprint density at radius 1 is 0.688 bits per heavy atom. The molecule has 0 unspecified atom stereocenters. The molecule has 0 spiro atoms. The minimum absolute atomic E-state index is 0.158. The first-order chi connectivity index (χ1) is 15.4. The summed E-state index contributed by atoms with van der Waals surface area (Å²) in [7, 11) is 0. The van der Waals surface area contributed by atoms with Crippen LogP contribution in [0.1, 0.15) is 44.9 Å². The van der Waals surface area contributed by atoms with Crippen LogP contribution in [0, 0.1) is 0 Å². The normalized spacial score (nSPS) is 38.2. The standard InChI is InChI=1S/C21H41NO10/c23-11-13-20(16(26)14(25)10-22-13)30-8-6-4-2-1-3-5-7-9-31-21-19(29)18(28)17(27)15(12-24)32-21/h13-29H,1-12H2/t13-,14+,15-,16-,17-,18+,19-,20-,21+/m1/s1. The van der Waals surface area contributed by atoms with Crippen LogP contribution in [0.2, 0.25) is 0 Å². The van der Waals surface area contributed by atoms with Crippen LogP contribution >= 0.6 is 0 Å². The third-order valence-electron chi connectivity index (χ3n) is 6.14. The molecule has 0 aromatic carbocycles. The number of piperidine rings is 1. The second-order valence-corrected chi connectivity index (χ2v) is 8.63. The molecule has 8 N–H and O–H groups in total. The molecule has 0 saturated carbocycles. The lowest BCUT2D eigenvalue weighted by Crippen LogP contribution is -2.61. The van der Waals surface area contributed by atoms with Crippen LogP contribution in [0.4, 0.5) is 0 Å². The molecule has 2 rings (SSSR count). The average molecular weight is 468 g/mol. The number of nitrogens with one attached hydrogen (secondary N) is 1. The summed E-state index contributed by atoms with van der Waals surface area (Å²) in [6.07, 6.45) is -2.12. The summed E-state index contributed by atoms with van der Waals surface area (Å²) in [6.45, 7) is 0.401. The number of hydrogen-bond acceptors (Lipinski definition) is 11. The third kappa shape index (κ3) is 8.10. The highest BCUT2D eigenvalue weighted by molar-refractivity contribution is 4.93.